The highest BCUT2D eigenvalue weighted by Crippen LogP contribution is 2.46. The van der Waals surface area contributed by atoms with E-state index in [0.29, 0.717) is 11.8 Å². The Morgan fingerprint density at radius 3 is 2.35 bits per heavy atom. The highest BCUT2D eigenvalue weighted by atomic mass is 16.5. The zero-order valence-corrected chi connectivity index (χ0v) is 28.8. The Hall–Kier alpha value is -5.54. The SMILES string of the molecule is C1=CCCC(n2c3ccccc3c3cc(-c4ccc5c(c4)c4c(n5C5=CC6=C(CC5)C5C=CC(C7C=CC=CC7)=CC5O6)CCC=C4)ccc32)=C1. The zero-order valence-electron chi connectivity index (χ0n) is 28.8. The molecular weight excluding hydrogens is 621 g/mol. The van der Waals surface area contributed by atoms with E-state index >= 15 is 0 Å². The minimum atomic E-state index is 0.105. The lowest BCUT2D eigenvalue weighted by Gasteiger charge is -2.24. The van der Waals surface area contributed by atoms with Crippen LogP contribution in [0, 0.1) is 11.8 Å². The minimum absolute atomic E-state index is 0.105. The molecule has 0 fully saturated rings. The first-order chi connectivity index (χ1) is 25.3. The summed E-state index contributed by atoms with van der Waals surface area (Å²) in [5.41, 5.74) is 14.8. The fraction of sp³-hybridized carbons (Fsp3) is 0.208. The summed E-state index contributed by atoms with van der Waals surface area (Å²) < 4.78 is 11.8. The number of allylic oxidation sites excluding steroid dienone is 13. The summed E-state index contributed by atoms with van der Waals surface area (Å²) in [6, 6.07) is 23.1. The van der Waals surface area contributed by atoms with Crippen LogP contribution in [0.15, 0.2) is 150 Å². The number of fused-ring (bicyclic) bond motifs is 8. The molecule has 0 N–H and O–H groups in total. The molecule has 3 aromatic carbocycles. The van der Waals surface area contributed by atoms with Crippen molar-refractivity contribution in [3.8, 4) is 11.1 Å². The Morgan fingerprint density at radius 1 is 0.647 bits per heavy atom. The highest BCUT2D eigenvalue weighted by Gasteiger charge is 2.37. The number of nitrogens with zero attached hydrogens (tertiary/aromatic N) is 2. The molecule has 0 radical (unpaired) electrons. The monoisotopic (exact) mass is 660 g/mol. The molecule has 0 saturated heterocycles. The Morgan fingerprint density at radius 2 is 1.49 bits per heavy atom. The fourth-order valence-corrected chi connectivity index (χ4v) is 9.60. The molecule has 3 nitrogen and oxygen atoms in total. The van der Waals surface area contributed by atoms with Crippen molar-refractivity contribution in [3.05, 3.63) is 162 Å². The van der Waals surface area contributed by atoms with E-state index in [4.69, 9.17) is 4.74 Å². The van der Waals surface area contributed by atoms with Crippen LogP contribution in [0.5, 0.6) is 0 Å². The number of hydrogen-bond donors (Lipinski definition) is 0. The van der Waals surface area contributed by atoms with E-state index in [1.54, 1.807) is 0 Å². The van der Waals surface area contributed by atoms with Crippen molar-refractivity contribution in [2.24, 2.45) is 11.8 Å². The van der Waals surface area contributed by atoms with Gasteiger partial charge < -0.3 is 13.9 Å². The van der Waals surface area contributed by atoms with Gasteiger partial charge in [-0.25, -0.2) is 0 Å². The van der Waals surface area contributed by atoms with Gasteiger partial charge in [0.05, 0.1) is 16.6 Å². The van der Waals surface area contributed by atoms with E-state index in [2.05, 4.69) is 149 Å². The van der Waals surface area contributed by atoms with Crippen molar-refractivity contribution in [3.63, 3.8) is 0 Å². The Labute approximate surface area is 298 Å². The number of aromatic nitrogens is 2. The van der Waals surface area contributed by atoms with Crippen LogP contribution in [0.25, 0.3) is 61.3 Å². The first-order valence-corrected chi connectivity index (χ1v) is 18.9. The van der Waals surface area contributed by atoms with E-state index in [-0.39, 0.29) is 6.10 Å². The molecular formula is C48H40N2O. The summed E-state index contributed by atoms with van der Waals surface area (Å²) in [4.78, 5) is 0. The summed E-state index contributed by atoms with van der Waals surface area (Å²) >= 11 is 0. The molecule has 11 rings (SSSR count). The summed E-state index contributed by atoms with van der Waals surface area (Å²) in [6.45, 7) is 0. The van der Waals surface area contributed by atoms with Gasteiger partial charge in [-0.2, -0.15) is 0 Å². The zero-order chi connectivity index (χ0) is 33.5. The van der Waals surface area contributed by atoms with Crippen molar-refractivity contribution >= 4 is 50.2 Å². The van der Waals surface area contributed by atoms with Crippen LogP contribution >= 0.6 is 0 Å². The van der Waals surface area contributed by atoms with Gasteiger partial charge in [-0.3, -0.25) is 0 Å². The maximum Gasteiger partial charge on any atom is 0.128 e. The average molecular weight is 661 g/mol. The standard InChI is InChI=1S/C48H40N2O/c1-3-11-31(12-4-1)34-19-23-39-40-24-22-36(30-48(40)51-47(39)29-34)50-44-18-10-8-16-38(44)42-28-33(21-26-46(42)50)32-20-25-45-41(27-32)37-15-7-9-17-43(37)49(45)35-13-5-2-6-14-35/h1-5,7-9,11,13,15-17,19-21,23,25-31,39,47H,6,10,12,14,18,22,24H2. The van der Waals surface area contributed by atoms with Gasteiger partial charge in [0.1, 0.15) is 11.9 Å². The molecule has 3 heterocycles. The molecule has 3 unspecified atom stereocenters. The van der Waals surface area contributed by atoms with Crippen LogP contribution in [-0.2, 0) is 11.2 Å². The molecule has 248 valence electrons. The van der Waals surface area contributed by atoms with Crippen molar-refractivity contribution in [2.45, 2.75) is 51.0 Å². The number of para-hydroxylation sites is 1. The fourth-order valence-electron chi connectivity index (χ4n) is 9.60. The summed E-state index contributed by atoms with van der Waals surface area (Å²) in [7, 11) is 0. The molecule has 2 aromatic heterocycles. The first kappa shape index (κ1) is 29.2. The minimum Gasteiger partial charge on any atom is -0.485 e. The van der Waals surface area contributed by atoms with Gasteiger partial charge in [-0.05, 0) is 116 Å². The van der Waals surface area contributed by atoms with Gasteiger partial charge in [-0.1, -0.05) is 91.1 Å². The molecule has 5 aliphatic carbocycles. The molecule has 0 saturated carbocycles. The second-order valence-electron chi connectivity index (χ2n) is 14.9. The van der Waals surface area contributed by atoms with Gasteiger partial charge in [0, 0.05) is 50.6 Å². The van der Waals surface area contributed by atoms with Crippen LogP contribution < -0.4 is 0 Å². The van der Waals surface area contributed by atoms with E-state index in [0.717, 1.165) is 50.7 Å². The maximum atomic E-state index is 6.76. The van der Waals surface area contributed by atoms with Gasteiger partial charge in [0.15, 0.2) is 0 Å². The quantitative estimate of drug-likeness (QED) is 0.188. The van der Waals surface area contributed by atoms with E-state index in [9.17, 15) is 0 Å². The molecule has 3 atom stereocenters. The summed E-state index contributed by atoms with van der Waals surface area (Å²) in [6.07, 6.45) is 37.4. The van der Waals surface area contributed by atoms with Crippen LogP contribution in [-0.4, -0.2) is 15.2 Å². The molecule has 3 heteroatoms. The largest absolute Gasteiger partial charge is 0.485 e. The van der Waals surface area contributed by atoms with E-state index in [1.807, 2.05) is 0 Å². The third kappa shape index (κ3) is 4.57. The summed E-state index contributed by atoms with van der Waals surface area (Å²) in [5, 5.41) is 3.97. The van der Waals surface area contributed by atoms with Gasteiger partial charge >= 0.3 is 0 Å². The summed E-state index contributed by atoms with van der Waals surface area (Å²) in [5.74, 6) is 1.90. The highest BCUT2D eigenvalue weighted by molar-refractivity contribution is 6.11. The third-order valence-electron chi connectivity index (χ3n) is 12.1. The third-order valence-corrected chi connectivity index (χ3v) is 12.1. The van der Waals surface area contributed by atoms with Crippen molar-refractivity contribution in [1.29, 1.82) is 0 Å². The van der Waals surface area contributed by atoms with Crippen LogP contribution in [0.4, 0.5) is 0 Å². The van der Waals surface area contributed by atoms with Crippen LogP contribution in [0.2, 0.25) is 0 Å². The molecule has 6 aliphatic rings. The Kier molecular flexibility index (Phi) is 6.59. The normalized spacial score (nSPS) is 23.4. The average Bonchev–Trinajstić information content (AvgIpc) is 3.85. The maximum absolute atomic E-state index is 6.76. The second kappa shape index (κ2) is 11.5. The predicted octanol–water partition coefficient (Wildman–Crippen LogP) is 12.1. The van der Waals surface area contributed by atoms with Crippen molar-refractivity contribution in [1.82, 2.24) is 9.13 Å². The van der Waals surface area contributed by atoms with E-state index < -0.39 is 0 Å². The second-order valence-corrected chi connectivity index (χ2v) is 14.9. The number of benzene rings is 3. The molecule has 1 aliphatic heterocycles. The lowest BCUT2D eigenvalue weighted by molar-refractivity contribution is 0.172. The lowest BCUT2D eigenvalue weighted by Crippen LogP contribution is -2.19. The van der Waals surface area contributed by atoms with Gasteiger partial charge in [0.25, 0.3) is 0 Å². The Balaban J connectivity index is 0.978. The van der Waals surface area contributed by atoms with E-state index in [1.165, 1.54) is 77.6 Å². The van der Waals surface area contributed by atoms with Crippen molar-refractivity contribution in [2.75, 3.05) is 0 Å². The molecule has 0 amide bonds. The van der Waals surface area contributed by atoms with Gasteiger partial charge in [-0.15, -0.1) is 0 Å². The molecule has 0 spiro atoms. The lowest BCUT2D eigenvalue weighted by atomic mass is 9.81. The van der Waals surface area contributed by atoms with Crippen LogP contribution in [0.3, 0.4) is 0 Å². The number of ether oxygens (including phenoxy) is 1. The number of rotatable bonds is 4. The number of hydrogen-bond acceptors (Lipinski definition) is 1. The van der Waals surface area contributed by atoms with Gasteiger partial charge in [0.2, 0.25) is 0 Å². The predicted molar refractivity (Wildman–Crippen MR) is 213 cm³/mol. The topological polar surface area (TPSA) is 19.1 Å². The smallest absolute Gasteiger partial charge is 0.128 e. The molecule has 51 heavy (non-hydrogen) atoms. The van der Waals surface area contributed by atoms with Crippen molar-refractivity contribution < 1.29 is 4.74 Å². The molecule has 5 aromatic rings. The Bertz CT molecular complexity index is 2600. The molecule has 0 bridgehead atoms. The first-order valence-electron chi connectivity index (χ1n) is 18.9. The van der Waals surface area contributed by atoms with Crippen LogP contribution in [0.1, 0.15) is 49.8 Å².